The van der Waals surface area contributed by atoms with Gasteiger partial charge in [0.2, 0.25) is 0 Å². The molecule has 1 aromatic rings. The van der Waals surface area contributed by atoms with E-state index in [0.29, 0.717) is 37.0 Å². The predicted molar refractivity (Wildman–Crippen MR) is 103 cm³/mol. The van der Waals surface area contributed by atoms with Crippen LogP contribution in [0.5, 0.6) is 11.5 Å². The van der Waals surface area contributed by atoms with Crippen molar-refractivity contribution in [3.8, 4) is 11.5 Å². The van der Waals surface area contributed by atoms with Crippen LogP contribution in [0.1, 0.15) is 31.2 Å². The highest BCUT2D eigenvalue weighted by molar-refractivity contribution is 5.87. The molecule has 1 aromatic carbocycles. The van der Waals surface area contributed by atoms with Crippen molar-refractivity contribution in [2.45, 2.75) is 50.5 Å². The Morgan fingerprint density at radius 3 is 2.72 bits per heavy atom. The molecular weight excluding hydrogens is 380 g/mol. The second kappa shape index (κ2) is 9.13. The maximum absolute atomic E-state index is 12.2. The minimum atomic E-state index is -0.732. The van der Waals surface area contributed by atoms with Crippen molar-refractivity contribution in [3.63, 3.8) is 0 Å². The fourth-order valence-corrected chi connectivity index (χ4v) is 4.14. The van der Waals surface area contributed by atoms with Gasteiger partial charge in [0.05, 0.1) is 18.6 Å². The molecule has 1 saturated carbocycles. The number of methoxy groups -OCH3 is 3. The average molecular weight is 408 g/mol. The molecule has 8 nitrogen and oxygen atoms in total. The highest BCUT2D eigenvalue weighted by Gasteiger charge is 2.56. The van der Waals surface area contributed by atoms with Crippen molar-refractivity contribution in [1.29, 1.82) is 0 Å². The summed E-state index contributed by atoms with van der Waals surface area (Å²) in [5, 5.41) is 20.4. The molecule has 160 valence electrons. The van der Waals surface area contributed by atoms with E-state index in [1.54, 1.807) is 32.4 Å². The van der Waals surface area contributed by atoms with Crippen molar-refractivity contribution in [1.82, 2.24) is 0 Å². The number of aromatic hydroxyl groups is 1. The Hall–Kier alpha value is -2.13. The Morgan fingerprint density at radius 2 is 2.07 bits per heavy atom. The van der Waals surface area contributed by atoms with Crippen molar-refractivity contribution < 1.29 is 38.7 Å². The molecule has 0 bridgehead atoms. The summed E-state index contributed by atoms with van der Waals surface area (Å²) in [5.74, 6) is -0.147. The third-order valence-corrected chi connectivity index (χ3v) is 5.75. The van der Waals surface area contributed by atoms with Crippen molar-refractivity contribution in [2.24, 2.45) is 5.41 Å². The number of phenols is 1. The topological polar surface area (TPSA) is 104 Å². The fourth-order valence-electron chi connectivity index (χ4n) is 4.14. The third kappa shape index (κ3) is 4.56. The number of esters is 1. The Morgan fingerprint density at radius 1 is 1.28 bits per heavy atom. The Kier molecular flexibility index (Phi) is 6.79. The zero-order valence-electron chi connectivity index (χ0n) is 16.9. The summed E-state index contributed by atoms with van der Waals surface area (Å²) >= 11 is 0. The lowest BCUT2D eigenvalue weighted by molar-refractivity contribution is -0.225. The van der Waals surface area contributed by atoms with Gasteiger partial charge in [0.1, 0.15) is 6.10 Å². The molecule has 0 amide bonds. The van der Waals surface area contributed by atoms with Crippen LogP contribution in [0.15, 0.2) is 24.3 Å². The quantitative estimate of drug-likeness (QED) is 0.546. The van der Waals surface area contributed by atoms with Gasteiger partial charge in [-0.1, -0.05) is 6.07 Å². The molecule has 1 heterocycles. The van der Waals surface area contributed by atoms with E-state index in [1.807, 2.05) is 0 Å². The smallest absolute Gasteiger partial charge is 0.331 e. The first-order valence-electron chi connectivity index (χ1n) is 9.56. The molecule has 3 rings (SSSR count). The lowest BCUT2D eigenvalue weighted by atomic mass is 9.69. The molecule has 1 spiro atoms. The maximum atomic E-state index is 12.2. The van der Waals surface area contributed by atoms with Gasteiger partial charge in [-0.15, -0.1) is 0 Å². The monoisotopic (exact) mass is 408 g/mol. The predicted octanol–water partition coefficient (Wildman–Crippen LogP) is 2.22. The number of carbonyl (C=O) groups excluding carboxylic acids is 1. The number of hydrogen-bond donors (Lipinski definition) is 2. The second-order valence-electron chi connectivity index (χ2n) is 7.42. The third-order valence-electron chi connectivity index (χ3n) is 5.75. The fraction of sp³-hybridized carbons (Fsp3) is 0.571. The number of phenolic OH excluding ortho intramolecular Hbond substituents is 1. The molecule has 8 heteroatoms. The van der Waals surface area contributed by atoms with Gasteiger partial charge >= 0.3 is 5.97 Å². The van der Waals surface area contributed by atoms with Crippen LogP contribution >= 0.6 is 0 Å². The number of ether oxygens (including phenoxy) is 5. The maximum Gasteiger partial charge on any atom is 0.331 e. The van der Waals surface area contributed by atoms with Crippen molar-refractivity contribution in [2.75, 3.05) is 21.3 Å². The zero-order chi connectivity index (χ0) is 21.0. The highest BCUT2D eigenvalue weighted by atomic mass is 16.8. The number of aliphatic hydroxyl groups is 1. The molecule has 0 radical (unpaired) electrons. The first-order chi connectivity index (χ1) is 13.9. The molecule has 0 unspecified atom stereocenters. The van der Waals surface area contributed by atoms with E-state index in [4.69, 9.17) is 23.7 Å². The molecule has 2 N–H and O–H groups in total. The Labute approximate surface area is 170 Å². The van der Waals surface area contributed by atoms with E-state index in [1.165, 1.54) is 19.3 Å². The molecule has 1 aliphatic heterocycles. The van der Waals surface area contributed by atoms with Crippen LogP contribution in [0.3, 0.4) is 0 Å². The summed E-state index contributed by atoms with van der Waals surface area (Å²) < 4.78 is 27.0. The summed E-state index contributed by atoms with van der Waals surface area (Å²) in [4.78, 5) is 12.2. The molecule has 29 heavy (non-hydrogen) atoms. The minimum absolute atomic E-state index is 0.0262. The van der Waals surface area contributed by atoms with E-state index in [0.717, 1.165) is 0 Å². The molecule has 1 saturated heterocycles. The number of hydrogen-bond acceptors (Lipinski definition) is 8. The number of rotatable bonds is 6. The standard InChI is InChI=1S/C21H28O8/c1-25-16-10-13(4-6-15(16)22)5-7-18(24)28-14-8-9-21(17(23)11-14)12-19(26-2)29-20(21)27-3/h4-7,10,14,17,19-20,22-23H,8-9,11-12H2,1-3H3/b7-5+/t14-,17-,19-,20-,21-/m0/s1. The largest absolute Gasteiger partial charge is 0.504 e. The zero-order valence-corrected chi connectivity index (χ0v) is 16.9. The molecule has 2 aliphatic rings. The number of benzene rings is 1. The van der Waals surface area contributed by atoms with Gasteiger partial charge in [0.15, 0.2) is 24.1 Å². The minimum Gasteiger partial charge on any atom is -0.504 e. The average Bonchev–Trinajstić information content (AvgIpc) is 3.09. The van der Waals surface area contributed by atoms with Crippen LogP contribution in [-0.2, 0) is 23.7 Å². The molecular formula is C21H28O8. The van der Waals surface area contributed by atoms with Gasteiger partial charge in [-0.3, -0.25) is 0 Å². The van der Waals surface area contributed by atoms with E-state index in [9.17, 15) is 15.0 Å². The van der Waals surface area contributed by atoms with Gasteiger partial charge in [0.25, 0.3) is 0 Å². The number of carbonyl (C=O) groups is 1. The Bertz CT molecular complexity index is 748. The van der Waals surface area contributed by atoms with E-state index >= 15 is 0 Å². The lowest BCUT2D eigenvalue weighted by Crippen LogP contribution is -2.49. The van der Waals surface area contributed by atoms with Crippen LogP contribution in [-0.4, -0.2) is 62.3 Å². The normalized spacial score (nSPS) is 32.0. The van der Waals surface area contributed by atoms with E-state index in [2.05, 4.69) is 0 Å². The molecule has 5 atom stereocenters. The van der Waals surface area contributed by atoms with Crippen LogP contribution in [0.4, 0.5) is 0 Å². The molecule has 1 aliphatic carbocycles. The summed E-state index contributed by atoms with van der Waals surface area (Å²) in [6.07, 6.45) is 2.86. The number of aliphatic hydroxyl groups excluding tert-OH is 1. The van der Waals surface area contributed by atoms with E-state index in [-0.39, 0.29) is 11.9 Å². The lowest BCUT2D eigenvalue weighted by Gasteiger charge is -2.42. The highest BCUT2D eigenvalue weighted by Crippen LogP contribution is 2.50. The molecule has 0 aromatic heterocycles. The van der Waals surface area contributed by atoms with Gasteiger partial charge in [-0.2, -0.15) is 0 Å². The van der Waals surface area contributed by atoms with Crippen molar-refractivity contribution in [3.05, 3.63) is 29.8 Å². The van der Waals surface area contributed by atoms with Gasteiger partial charge in [0, 0.05) is 33.1 Å². The molecule has 2 fully saturated rings. The van der Waals surface area contributed by atoms with E-state index < -0.39 is 30.1 Å². The first-order valence-corrected chi connectivity index (χ1v) is 9.56. The first kappa shape index (κ1) is 21.6. The second-order valence-corrected chi connectivity index (χ2v) is 7.42. The summed E-state index contributed by atoms with van der Waals surface area (Å²) in [7, 11) is 4.56. The van der Waals surface area contributed by atoms with Crippen molar-refractivity contribution >= 4 is 12.0 Å². The van der Waals surface area contributed by atoms with Gasteiger partial charge in [-0.05, 0) is 36.6 Å². The van der Waals surface area contributed by atoms with Crippen LogP contribution in [0, 0.1) is 5.41 Å². The Balaban J connectivity index is 1.58. The summed E-state index contributed by atoms with van der Waals surface area (Å²) in [5.41, 5.74) is 0.132. The van der Waals surface area contributed by atoms with Gasteiger partial charge < -0.3 is 33.9 Å². The summed E-state index contributed by atoms with van der Waals surface area (Å²) in [6, 6.07) is 4.77. The van der Waals surface area contributed by atoms with Gasteiger partial charge in [-0.25, -0.2) is 4.79 Å². The van der Waals surface area contributed by atoms with Crippen LogP contribution < -0.4 is 4.74 Å². The summed E-state index contributed by atoms with van der Waals surface area (Å²) in [6.45, 7) is 0. The SMILES string of the molecule is COc1cc(/C=C/C(=O)O[C@H]2CC[C@]3(C[C@@H](OC)O[C@@H]3OC)[C@@H](O)C2)ccc1O. The van der Waals surface area contributed by atoms with Crippen LogP contribution in [0.2, 0.25) is 0 Å². The van der Waals surface area contributed by atoms with Crippen LogP contribution in [0.25, 0.3) is 6.08 Å².